The lowest BCUT2D eigenvalue weighted by Crippen LogP contribution is -2.37. The molecule has 0 bridgehead atoms. The summed E-state index contributed by atoms with van der Waals surface area (Å²) in [6.07, 6.45) is 7.36. The summed E-state index contributed by atoms with van der Waals surface area (Å²) in [6.45, 7) is 1.97. The van der Waals surface area contributed by atoms with Gasteiger partial charge in [-0.2, -0.15) is 0 Å². The quantitative estimate of drug-likeness (QED) is 0.841. The van der Waals surface area contributed by atoms with Gasteiger partial charge in [0.25, 0.3) is 0 Å². The van der Waals surface area contributed by atoms with Crippen LogP contribution in [0.5, 0.6) is 5.88 Å². The minimum absolute atomic E-state index is 0.448. The van der Waals surface area contributed by atoms with E-state index in [1.165, 1.54) is 0 Å². The van der Waals surface area contributed by atoms with Crippen LogP contribution in [-0.2, 0) is 0 Å². The summed E-state index contributed by atoms with van der Waals surface area (Å²) in [5.74, 6) is 2.38. The SMILES string of the molecule is COc1cc(N2CC[C@@H]3[C@@H]2CCN3c2ncccn2)ncn1. The average molecular weight is 298 g/mol. The molecule has 0 amide bonds. The largest absolute Gasteiger partial charge is 0.481 e. The van der Waals surface area contributed by atoms with Crippen LogP contribution < -0.4 is 14.5 Å². The van der Waals surface area contributed by atoms with Gasteiger partial charge in [-0.05, 0) is 18.9 Å². The third-order valence-electron chi connectivity index (χ3n) is 4.52. The van der Waals surface area contributed by atoms with Crippen molar-refractivity contribution in [2.24, 2.45) is 0 Å². The Bertz CT molecular complexity index is 651. The van der Waals surface area contributed by atoms with Crippen LogP contribution in [0.1, 0.15) is 12.8 Å². The highest BCUT2D eigenvalue weighted by molar-refractivity contribution is 5.48. The highest BCUT2D eigenvalue weighted by Gasteiger charge is 2.44. The van der Waals surface area contributed by atoms with Gasteiger partial charge in [-0.3, -0.25) is 0 Å². The molecule has 4 rings (SSSR count). The van der Waals surface area contributed by atoms with E-state index in [0.29, 0.717) is 18.0 Å². The van der Waals surface area contributed by atoms with E-state index in [4.69, 9.17) is 4.74 Å². The van der Waals surface area contributed by atoms with Gasteiger partial charge in [0.2, 0.25) is 11.8 Å². The number of hydrogen-bond acceptors (Lipinski definition) is 7. The lowest BCUT2D eigenvalue weighted by atomic mass is 10.1. The number of aromatic nitrogens is 4. The van der Waals surface area contributed by atoms with Crippen LogP contribution in [0.15, 0.2) is 30.9 Å². The van der Waals surface area contributed by atoms with Gasteiger partial charge in [0, 0.05) is 31.5 Å². The molecule has 0 aromatic carbocycles. The molecule has 4 heterocycles. The molecule has 0 aliphatic carbocycles. The lowest BCUT2D eigenvalue weighted by molar-refractivity contribution is 0.396. The molecule has 2 aromatic rings. The van der Waals surface area contributed by atoms with Crippen LogP contribution in [-0.4, -0.2) is 52.2 Å². The minimum Gasteiger partial charge on any atom is -0.481 e. The van der Waals surface area contributed by atoms with E-state index >= 15 is 0 Å². The molecule has 2 aliphatic rings. The zero-order chi connectivity index (χ0) is 14.9. The second kappa shape index (κ2) is 5.40. The second-order valence-electron chi connectivity index (χ2n) is 5.57. The van der Waals surface area contributed by atoms with E-state index in [1.807, 2.05) is 12.1 Å². The van der Waals surface area contributed by atoms with E-state index in [-0.39, 0.29) is 0 Å². The highest BCUT2D eigenvalue weighted by Crippen LogP contribution is 2.36. The first-order valence-electron chi connectivity index (χ1n) is 7.53. The topological polar surface area (TPSA) is 67.3 Å². The maximum absolute atomic E-state index is 5.21. The summed E-state index contributed by atoms with van der Waals surface area (Å²) in [5, 5.41) is 0. The summed E-state index contributed by atoms with van der Waals surface area (Å²) in [5.41, 5.74) is 0. The normalized spacial score (nSPS) is 23.7. The minimum atomic E-state index is 0.448. The van der Waals surface area contributed by atoms with Crippen molar-refractivity contribution in [1.82, 2.24) is 19.9 Å². The second-order valence-corrected chi connectivity index (χ2v) is 5.57. The third-order valence-corrected chi connectivity index (χ3v) is 4.52. The van der Waals surface area contributed by atoms with Crippen molar-refractivity contribution in [2.45, 2.75) is 24.9 Å². The standard InChI is InChI=1S/C15H18N6O/c1-22-14-9-13(18-10-19-14)20-7-3-12-11(20)4-8-21(12)15-16-5-2-6-17-15/h2,5-6,9-12H,3-4,7-8H2,1H3/t11-,12+/m0/s1. The van der Waals surface area contributed by atoms with Crippen LogP contribution in [0, 0.1) is 0 Å². The zero-order valence-corrected chi connectivity index (χ0v) is 12.5. The highest BCUT2D eigenvalue weighted by atomic mass is 16.5. The molecule has 2 aromatic heterocycles. The Balaban J connectivity index is 1.57. The number of fused-ring (bicyclic) bond motifs is 1. The molecule has 0 unspecified atom stereocenters. The number of ether oxygens (including phenoxy) is 1. The van der Waals surface area contributed by atoms with Crippen molar-refractivity contribution in [3.63, 3.8) is 0 Å². The van der Waals surface area contributed by atoms with Crippen molar-refractivity contribution >= 4 is 11.8 Å². The molecule has 0 spiro atoms. The summed E-state index contributed by atoms with van der Waals surface area (Å²) in [4.78, 5) is 22.0. The Morgan fingerprint density at radius 2 is 1.73 bits per heavy atom. The van der Waals surface area contributed by atoms with Crippen molar-refractivity contribution < 1.29 is 4.74 Å². The number of nitrogens with zero attached hydrogens (tertiary/aromatic N) is 6. The molecule has 0 N–H and O–H groups in total. The van der Waals surface area contributed by atoms with Gasteiger partial charge in [-0.15, -0.1) is 0 Å². The van der Waals surface area contributed by atoms with Crippen LogP contribution in [0.2, 0.25) is 0 Å². The molecular weight excluding hydrogens is 280 g/mol. The molecule has 7 heteroatoms. The monoisotopic (exact) mass is 298 g/mol. The van der Waals surface area contributed by atoms with E-state index in [0.717, 1.165) is 37.7 Å². The van der Waals surface area contributed by atoms with Crippen LogP contribution >= 0.6 is 0 Å². The third kappa shape index (κ3) is 2.13. The molecule has 114 valence electrons. The first-order valence-corrected chi connectivity index (χ1v) is 7.53. The van der Waals surface area contributed by atoms with Gasteiger partial charge >= 0.3 is 0 Å². The number of hydrogen-bond donors (Lipinski definition) is 0. The predicted octanol–water partition coefficient (Wildman–Crippen LogP) is 1.13. The molecule has 2 saturated heterocycles. The lowest BCUT2D eigenvalue weighted by Gasteiger charge is -2.26. The van der Waals surface area contributed by atoms with E-state index in [2.05, 4.69) is 29.7 Å². The Kier molecular flexibility index (Phi) is 3.25. The van der Waals surface area contributed by atoms with Gasteiger partial charge in [-0.25, -0.2) is 19.9 Å². The van der Waals surface area contributed by atoms with E-state index in [1.54, 1.807) is 25.8 Å². The fourth-order valence-corrected chi connectivity index (χ4v) is 3.56. The fourth-order valence-electron chi connectivity index (χ4n) is 3.56. The van der Waals surface area contributed by atoms with Gasteiger partial charge in [-0.1, -0.05) is 0 Å². The van der Waals surface area contributed by atoms with Gasteiger partial charge < -0.3 is 14.5 Å². The predicted molar refractivity (Wildman–Crippen MR) is 82.1 cm³/mol. The first kappa shape index (κ1) is 13.2. The summed E-state index contributed by atoms with van der Waals surface area (Å²) >= 11 is 0. The van der Waals surface area contributed by atoms with Crippen molar-refractivity contribution in [2.75, 3.05) is 30.0 Å². The Labute approximate surface area is 129 Å². The molecule has 2 fully saturated rings. The van der Waals surface area contributed by atoms with Crippen molar-refractivity contribution in [3.8, 4) is 5.88 Å². The molecule has 7 nitrogen and oxygen atoms in total. The van der Waals surface area contributed by atoms with Gasteiger partial charge in [0.1, 0.15) is 12.1 Å². The molecule has 0 radical (unpaired) electrons. The molecule has 2 aliphatic heterocycles. The summed E-state index contributed by atoms with van der Waals surface area (Å²) in [6, 6.07) is 4.65. The molecule has 0 saturated carbocycles. The average Bonchev–Trinajstić information content (AvgIpc) is 3.17. The van der Waals surface area contributed by atoms with E-state index < -0.39 is 0 Å². The number of anilines is 2. The summed E-state index contributed by atoms with van der Waals surface area (Å²) < 4.78 is 5.21. The van der Waals surface area contributed by atoms with Crippen LogP contribution in [0.4, 0.5) is 11.8 Å². The maximum atomic E-state index is 5.21. The number of rotatable bonds is 3. The Morgan fingerprint density at radius 3 is 2.50 bits per heavy atom. The number of methoxy groups -OCH3 is 1. The van der Waals surface area contributed by atoms with Gasteiger partial charge in [0.05, 0.1) is 19.2 Å². The molecule has 22 heavy (non-hydrogen) atoms. The Hall–Kier alpha value is -2.44. The molecular formula is C15H18N6O. The van der Waals surface area contributed by atoms with Crippen molar-refractivity contribution in [3.05, 3.63) is 30.9 Å². The zero-order valence-electron chi connectivity index (χ0n) is 12.5. The van der Waals surface area contributed by atoms with Crippen molar-refractivity contribution in [1.29, 1.82) is 0 Å². The smallest absolute Gasteiger partial charge is 0.225 e. The van der Waals surface area contributed by atoms with Crippen LogP contribution in [0.3, 0.4) is 0 Å². The van der Waals surface area contributed by atoms with E-state index in [9.17, 15) is 0 Å². The first-order chi connectivity index (χ1) is 10.9. The summed E-state index contributed by atoms with van der Waals surface area (Å²) in [7, 11) is 1.63. The fraction of sp³-hybridized carbons (Fsp3) is 0.467. The van der Waals surface area contributed by atoms with Crippen LogP contribution in [0.25, 0.3) is 0 Å². The van der Waals surface area contributed by atoms with Gasteiger partial charge in [0.15, 0.2) is 0 Å². The molecule has 2 atom stereocenters. The maximum Gasteiger partial charge on any atom is 0.225 e. The Morgan fingerprint density at radius 1 is 1.00 bits per heavy atom.